The van der Waals surface area contributed by atoms with Crippen LogP contribution in [0.25, 0.3) is 0 Å². The molecular weight excluding hydrogens is 250 g/mol. The highest BCUT2D eigenvalue weighted by molar-refractivity contribution is 5.15. The molecule has 1 aliphatic carbocycles. The molecule has 1 heterocycles. The molecule has 1 aliphatic rings. The summed E-state index contributed by atoms with van der Waals surface area (Å²) >= 11 is 0. The molecule has 1 fully saturated rings. The molecule has 0 spiro atoms. The number of methoxy groups -OCH3 is 1. The fourth-order valence-corrected chi connectivity index (χ4v) is 2.96. The summed E-state index contributed by atoms with van der Waals surface area (Å²) in [6, 6.07) is 2.04. The summed E-state index contributed by atoms with van der Waals surface area (Å²) in [4.78, 5) is 9.41. The van der Waals surface area contributed by atoms with Crippen LogP contribution in [0.3, 0.4) is 0 Å². The van der Waals surface area contributed by atoms with Gasteiger partial charge in [0.1, 0.15) is 5.60 Å². The van der Waals surface area contributed by atoms with E-state index in [1.54, 1.807) is 7.11 Å². The molecule has 0 aromatic carbocycles. The van der Waals surface area contributed by atoms with Crippen molar-refractivity contribution in [3.63, 3.8) is 0 Å². The third kappa shape index (κ3) is 3.18. The Morgan fingerprint density at radius 1 is 1.20 bits per heavy atom. The van der Waals surface area contributed by atoms with Crippen molar-refractivity contribution in [2.75, 3.05) is 14.2 Å². The maximum Gasteiger partial charge on any atom is 0.160 e. The molecule has 1 aromatic heterocycles. The Balaban J connectivity index is 2.32. The number of hydrogen-bond acceptors (Lipinski definition) is 4. The second-order valence-electron chi connectivity index (χ2n) is 6.72. The monoisotopic (exact) mass is 277 g/mol. The number of rotatable bonds is 4. The van der Waals surface area contributed by atoms with Crippen LogP contribution in [0.4, 0.5) is 0 Å². The van der Waals surface area contributed by atoms with Crippen LogP contribution in [0.15, 0.2) is 6.07 Å². The van der Waals surface area contributed by atoms with Crippen molar-refractivity contribution < 1.29 is 4.74 Å². The molecule has 1 saturated carbocycles. The number of nitrogens with one attached hydrogen (secondary N) is 1. The minimum absolute atomic E-state index is 0.302. The molecule has 0 aliphatic heterocycles. The number of ether oxygens (including phenoxy) is 1. The predicted molar refractivity (Wildman–Crippen MR) is 80.5 cm³/mol. The van der Waals surface area contributed by atoms with Crippen LogP contribution in [0.1, 0.15) is 56.7 Å². The minimum atomic E-state index is -0.302. The summed E-state index contributed by atoms with van der Waals surface area (Å²) in [6.45, 7) is 7.45. The van der Waals surface area contributed by atoms with E-state index in [0.29, 0.717) is 5.41 Å². The van der Waals surface area contributed by atoms with Gasteiger partial charge in [-0.05, 0) is 51.1 Å². The first-order valence-electron chi connectivity index (χ1n) is 7.46. The van der Waals surface area contributed by atoms with Crippen molar-refractivity contribution in [3.8, 4) is 0 Å². The molecule has 0 unspecified atom stereocenters. The van der Waals surface area contributed by atoms with Gasteiger partial charge in [0, 0.05) is 19.3 Å². The summed E-state index contributed by atoms with van der Waals surface area (Å²) < 4.78 is 5.90. The second-order valence-corrected chi connectivity index (χ2v) is 6.72. The van der Waals surface area contributed by atoms with Crippen molar-refractivity contribution in [3.05, 3.63) is 23.3 Å². The fourth-order valence-electron chi connectivity index (χ4n) is 2.96. The summed E-state index contributed by atoms with van der Waals surface area (Å²) in [5, 5.41) is 3.15. The molecule has 0 radical (unpaired) electrons. The van der Waals surface area contributed by atoms with E-state index >= 15 is 0 Å². The minimum Gasteiger partial charge on any atom is -0.370 e. The van der Waals surface area contributed by atoms with Gasteiger partial charge < -0.3 is 10.1 Å². The highest BCUT2D eigenvalue weighted by Crippen LogP contribution is 2.46. The van der Waals surface area contributed by atoms with Gasteiger partial charge in [-0.1, -0.05) is 13.8 Å². The molecule has 1 aromatic rings. The van der Waals surface area contributed by atoms with E-state index < -0.39 is 0 Å². The average molecular weight is 277 g/mol. The molecule has 0 amide bonds. The number of aromatic nitrogens is 2. The first-order chi connectivity index (χ1) is 9.41. The SMILES string of the molecule is CNCc1cc(C)nc(C2(OC)CCC(C)(C)CC2)n1. The Labute approximate surface area is 122 Å². The van der Waals surface area contributed by atoms with Crippen molar-refractivity contribution in [2.45, 2.75) is 58.6 Å². The molecule has 0 atom stereocenters. The summed E-state index contributed by atoms with van der Waals surface area (Å²) in [6.07, 6.45) is 4.30. The van der Waals surface area contributed by atoms with Crippen LogP contribution >= 0.6 is 0 Å². The molecule has 4 nitrogen and oxygen atoms in total. The van der Waals surface area contributed by atoms with E-state index in [0.717, 1.165) is 49.4 Å². The molecule has 0 saturated heterocycles. The summed E-state index contributed by atoms with van der Waals surface area (Å²) in [5.41, 5.74) is 2.15. The maximum absolute atomic E-state index is 5.90. The highest BCUT2D eigenvalue weighted by atomic mass is 16.5. The number of nitrogens with zero attached hydrogens (tertiary/aromatic N) is 2. The predicted octanol–water partition coefficient (Wildman–Crippen LogP) is 2.95. The highest BCUT2D eigenvalue weighted by Gasteiger charge is 2.42. The van der Waals surface area contributed by atoms with Crippen LogP contribution in [-0.2, 0) is 16.9 Å². The third-order valence-electron chi connectivity index (χ3n) is 4.47. The van der Waals surface area contributed by atoms with Gasteiger partial charge in [-0.25, -0.2) is 9.97 Å². The van der Waals surface area contributed by atoms with E-state index in [4.69, 9.17) is 9.72 Å². The van der Waals surface area contributed by atoms with Gasteiger partial charge >= 0.3 is 0 Å². The van der Waals surface area contributed by atoms with E-state index in [1.165, 1.54) is 0 Å². The van der Waals surface area contributed by atoms with Gasteiger partial charge in [0.05, 0.1) is 5.69 Å². The fraction of sp³-hybridized carbons (Fsp3) is 0.750. The first-order valence-corrected chi connectivity index (χ1v) is 7.46. The van der Waals surface area contributed by atoms with E-state index in [9.17, 15) is 0 Å². The number of hydrogen-bond donors (Lipinski definition) is 1. The standard InChI is InChI=1S/C16H27N3O/c1-12-10-13(11-17-4)19-14(18-12)16(20-5)8-6-15(2,3)7-9-16/h10,17H,6-9,11H2,1-5H3. The zero-order chi connectivity index (χ0) is 14.8. The lowest BCUT2D eigenvalue weighted by molar-refractivity contribution is -0.0731. The van der Waals surface area contributed by atoms with Gasteiger partial charge in [0.15, 0.2) is 5.82 Å². The molecular formula is C16H27N3O. The molecule has 20 heavy (non-hydrogen) atoms. The van der Waals surface area contributed by atoms with Gasteiger partial charge in [0.2, 0.25) is 0 Å². The normalized spacial score (nSPS) is 20.9. The van der Waals surface area contributed by atoms with Gasteiger partial charge in [-0.15, -0.1) is 0 Å². The lowest BCUT2D eigenvalue weighted by atomic mass is 9.70. The largest absolute Gasteiger partial charge is 0.370 e. The van der Waals surface area contributed by atoms with Crippen LogP contribution in [0, 0.1) is 12.3 Å². The number of aryl methyl sites for hydroxylation is 1. The van der Waals surface area contributed by atoms with Crippen LogP contribution in [0.5, 0.6) is 0 Å². The molecule has 1 N–H and O–H groups in total. The van der Waals surface area contributed by atoms with Gasteiger partial charge in [-0.3, -0.25) is 0 Å². The molecule has 4 heteroatoms. The Hall–Kier alpha value is -1.00. The van der Waals surface area contributed by atoms with Crippen molar-refractivity contribution in [2.24, 2.45) is 5.41 Å². The van der Waals surface area contributed by atoms with Crippen LogP contribution in [-0.4, -0.2) is 24.1 Å². The molecule has 0 bridgehead atoms. The average Bonchev–Trinajstić information content (AvgIpc) is 2.39. The zero-order valence-electron chi connectivity index (χ0n) is 13.4. The van der Waals surface area contributed by atoms with Crippen LogP contribution in [0.2, 0.25) is 0 Å². The Bertz CT molecular complexity index is 461. The summed E-state index contributed by atoms with van der Waals surface area (Å²) in [7, 11) is 3.73. The van der Waals surface area contributed by atoms with Gasteiger partial charge in [0.25, 0.3) is 0 Å². The lowest BCUT2D eigenvalue weighted by Gasteiger charge is -2.41. The van der Waals surface area contributed by atoms with Crippen LogP contribution < -0.4 is 5.32 Å². The Morgan fingerprint density at radius 2 is 1.85 bits per heavy atom. The van der Waals surface area contributed by atoms with Crippen molar-refractivity contribution in [1.29, 1.82) is 0 Å². The molecule has 112 valence electrons. The van der Waals surface area contributed by atoms with Crippen molar-refractivity contribution >= 4 is 0 Å². The molecule has 2 rings (SSSR count). The zero-order valence-corrected chi connectivity index (χ0v) is 13.4. The van der Waals surface area contributed by atoms with E-state index in [-0.39, 0.29) is 5.60 Å². The Morgan fingerprint density at radius 3 is 2.40 bits per heavy atom. The lowest BCUT2D eigenvalue weighted by Crippen LogP contribution is -2.38. The van der Waals surface area contributed by atoms with Crippen molar-refractivity contribution in [1.82, 2.24) is 15.3 Å². The Kier molecular flexibility index (Phi) is 4.45. The van der Waals surface area contributed by atoms with E-state index in [2.05, 4.69) is 24.1 Å². The van der Waals surface area contributed by atoms with E-state index in [1.807, 2.05) is 20.0 Å². The topological polar surface area (TPSA) is 47.0 Å². The first kappa shape index (κ1) is 15.4. The second kappa shape index (κ2) is 5.78. The maximum atomic E-state index is 5.90. The quantitative estimate of drug-likeness (QED) is 0.919. The van der Waals surface area contributed by atoms with Gasteiger partial charge in [-0.2, -0.15) is 0 Å². The third-order valence-corrected chi connectivity index (χ3v) is 4.47. The smallest absolute Gasteiger partial charge is 0.160 e. The summed E-state index contributed by atoms with van der Waals surface area (Å²) in [5.74, 6) is 0.862.